The molecule has 0 unspecified atom stereocenters. The second-order valence-electron chi connectivity index (χ2n) is 3.75. The number of thiazole rings is 1. The number of methoxy groups -OCH3 is 2. The van der Waals surface area contributed by atoms with Gasteiger partial charge >= 0.3 is 0 Å². The number of ether oxygens (including phenoxy) is 2. The molecule has 0 bridgehead atoms. The van der Waals surface area contributed by atoms with Crippen LogP contribution in [0.1, 0.15) is 5.69 Å². The Hall–Kier alpha value is -1.75. The molecule has 0 aliphatic heterocycles. The van der Waals surface area contributed by atoms with Gasteiger partial charge in [-0.15, -0.1) is 0 Å². The molecule has 0 aliphatic rings. The van der Waals surface area contributed by atoms with Gasteiger partial charge in [-0.25, -0.2) is 4.98 Å². The molecule has 1 aromatic heterocycles. The van der Waals surface area contributed by atoms with Gasteiger partial charge in [0.1, 0.15) is 21.5 Å². The molecule has 5 heteroatoms. The van der Waals surface area contributed by atoms with Crippen LogP contribution in [0, 0.1) is 6.92 Å². The van der Waals surface area contributed by atoms with Gasteiger partial charge in [-0.2, -0.15) is 0 Å². The van der Waals surface area contributed by atoms with Crippen LogP contribution in [-0.2, 0) is 0 Å². The van der Waals surface area contributed by atoms with E-state index in [1.807, 2.05) is 32.2 Å². The molecule has 0 fully saturated rings. The highest BCUT2D eigenvalue weighted by Gasteiger charge is 2.13. The molecule has 0 saturated carbocycles. The van der Waals surface area contributed by atoms with Crippen LogP contribution in [0.3, 0.4) is 0 Å². The maximum absolute atomic E-state index is 5.39. The number of nitrogens with one attached hydrogen (secondary N) is 1. The third-order valence-corrected chi connectivity index (χ3v) is 3.87. The summed E-state index contributed by atoms with van der Waals surface area (Å²) >= 11 is 1.61. The fraction of sp³-hybridized carbons (Fsp3) is 0.308. The topological polar surface area (TPSA) is 43.4 Å². The number of anilines is 1. The number of benzene rings is 1. The summed E-state index contributed by atoms with van der Waals surface area (Å²) in [4.78, 5) is 4.55. The van der Waals surface area contributed by atoms with E-state index in [1.165, 1.54) is 0 Å². The lowest BCUT2D eigenvalue weighted by Crippen LogP contribution is -1.90. The van der Waals surface area contributed by atoms with Crippen molar-refractivity contribution < 1.29 is 9.47 Å². The highest BCUT2D eigenvalue weighted by atomic mass is 32.1. The zero-order chi connectivity index (χ0) is 13.1. The molecule has 1 heterocycles. The number of nitrogens with zero attached hydrogens (tertiary/aromatic N) is 1. The van der Waals surface area contributed by atoms with Gasteiger partial charge in [-0.1, -0.05) is 11.3 Å². The minimum Gasteiger partial charge on any atom is -0.497 e. The molecule has 2 rings (SSSR count). The molecule has 1 aromatic carbocycles. The van der Waals surface area contributed by atoms with Gasteiger partial charge in [0.05, 0.1) is 25.5 Å². The van der Waals surface area contributed by atoms with Crippen LogP contribution >= 0.6 is 11.3 Å². The molecule has 96 valence electrons. The number of hydrogen-bond acceptors (Lipinski definition) is 5. The molecule has 0 amide bonds. The lowest BCUT2D eigenvalue weighted by atomic mass is 10.2. The van der Waals surface area contributed by atoms with Gasteiger partial charge in [0.15, 0.2) is 0 Å². The van der Waals surface area contributed by atoms with Crippen LogP contribution in [0.4, 0.5) is 5.00 Å². The van der Waals surface area contributed by atoms with Crippen LogP contribution in [0.5, 0.6) is 11.5 Å². The number of aryl methyl sites for hydroxylation is 1. The molecule has 0 spiro atoms. The Labute approximate surface area is 111 Å². The van der Waals surface area contributed by atoms with E-state index >= 15 is 0 Å². The summed E-state index contributed by atoms with van der Waals surface area (Å²) in [7, 11) is 5.19. The van der Waals surface area contributed by atoms with Crippen molar-refractivity contribution >= 4 is 16.3 Å². The van der Waals surface area contributed by atoms with Crippen molar-refractivity contribution in [2.75, 3.05) is 26.6 Å². The largest absolute Gasteiger partial charge is 0.497 e. The molecule has 2 aromatic rings. The van der Waals surface area contributed by atoms with E-state index in [-0.39, 0.29) is 0 Å². The van der Waals surface area contributed by atoms with Gasteiger partial charge in [0.2, 0.25) is 0 Å². The second-order valence-corrected chi connectivity index (χ2v) is 4.75. The van der Waals surface area contributed by atoms with Crippen LogP contribution in [-0.4, -0.2) is 26.3 Å². The molecule has 0 atom stereocenters. The highest BCUT2D eigenvalue weighted by Crippen LogP contribution is 2.38. The van der Waals surface area contributed by atoms with Crippen molar-refractivity contribution in [1.29, 1.82) is 0 Å². The summed E-state index contributed by atoms with van der Waals surface area (Å²) in [5.41, 5.74) is 1.98. The Morgan fingerprint density at radius 2 is 2.00 bits per heavy atom. The van der Waals surface area contributed by atoms with E-state index in [1.54, 1.807) is 25.6 Å². The number of aromatic nitrogens is 1. The Bertz CT molecular complexity index is 552. The van der Waals surface area contributed by atoms with E-state index in [0.717, 1.165) is 32.8 Å². The minimum atomic E-state index is 0.769. The Kier molecular flexibility index (Phi) is 3.72. The predicted molar refractivity (Wildman–Crippen MR) is 74.9 cm³/mol. The summed E-state index contributed by atoms with van der Waals surface area (Å²) in [5.74, 6) is 1.54. The van der Waals surface area contributed by atoms with Gasteiger partial charge < -0.3 is 14.8 Å². The molecule has 0 saturated heterocycles. The standard InChI is InChI=1S/C13H16N2O2S/c1-8-12(14-2)18-13(15-8)10-6-5-9(16-3)7-11(10)17-4/h5-7,14H,1-4H3. The molecule has 18 heavy (non-hydrogen) atoms. The Morgan fingerprint density at radius 1 is 1.22 bits per heavy atom. The Balaban J connectivity index is 2.48. The zero-order valence-electron chi connectivity index (χ0n) is 10.9. The zero-order valence-corrected chi connectivity index (χ0v) is 11.7. The first kappa shape index (κ1) is 12.7. The van der Waals surface area contributed by atoms with Crippen molar-refractivity contribution in [3.8, 4) is 22.1 Å². The monoisotopic (exact) mass is 264 g/mol. The molecule has 0 radical (unpaired) electrons. The highest BCUT2D eigenvalue weighted by molar-refractivity contribution is 7.19. The summed E-state index contributed by atoms with van der Waals surface area (Å²) in [6.07, 6.45) is 0. The first-order valence-corrected chi connectivity index (χ1v) is 6.38. The van der Waals surface area contributed by atoms with Gasteiger partial charge in [0, 0.05) is 13.1 Å². The fourth-order valence-corrected chi connectivity index (χ4v) is 2.67. The lowest BCUT2D eigenvalue weighted by Gasteiger charge is -2.08. The maximum Gasteiger partial charge on any atom is 0.132 e. The van der Waals surface area contributed by atoms with Gasteiger partial charge in [0.25, 0.3) is 0 Å². The lowest BCUT2D eigenvalue weighted by molar-refractivity contribution is 0.395. The van der Waals surface area contributed by atoms with E-state index < -0.39 is 0 Å². The Morgan fingerprint density at radius 3 is 2.56 bits per heavy atom. The van der Waals surface area contributed by atoms with Crippen molar-refractivity contribution in [2.45, 2.75) is 6.92 Å². The number of rotatable bonds is 4. The minimum absolute atomic E-state index is 0.769. The normalized spacial score (nSPS) is 10.2. The third kappa shape index (κ3) is 2.26. The number of hydrogen-bond donors (Lipinski definition) is 1. The smallest absolute Gasteiger partial charge is 0.132 e. The average Bonchev–Trinajstić information content (AvgIpc) is 2.79. The molecule has 1 N–H and O–H groups in total. The summed E-state index contributed by atoms with van der Waals surface area (Å²) in [6, 6.07) is 5.74. The summed E-state index contributed by atoms with van der Waals surface area (Å²) in [5, 5.41) is 5.15. The van der Waals surface area contributed by atoms with E-state index in [9.17, 15) is 0 Å². The van der Waals surface area contributed by atoms with Crippen molar-refractivity contribution in [3.63, 3.8) is 0 Å². The third-order valence-electron chi connectivity index (χ3n) is 2.66. The van der Waals surface area contributed by atoms with Crippen molar-refractivity contribution in [3.05, 3.63) is 23.9 Å². The summed E-state index contributed by atoms with van der Waals surface area (Å²) in [6.45, 7) is 1.99. The van der Waals surface area contributed by atoms with Crippen molar-refractivity contribution in [1.82, 2.24) is 4.98 Å². The molecular weight excluding hydrogens is 248 g/mol. The average molecular weight is 264 g/mol. The first-order valence-electron chi connectivity index (χ1n) is 5.57. The maximum atomic E-state index is 5.39. The first-order chi connectivity index (χ1) is 8.69. The van der Waals surface area contributed by atoms with Gasteiger partial charge in [-0.3, -0.25) is 0 Å². The molecule has 4 nitrogen and oxygen atoms in total. The van der Waals surface area contributed by atoms with Crippen LogP contribution < -0.4 is 14.8 Å². The van der Waals surface area contributed by atoms with E-state index in [2.05, 4.69) is 10.3 Å². The van der Waals surface area contributed by atoms with Crippen LogP contribution in [0.25, 0.3) is 10.6 Å². The predicted octanol–water partition coefficient (Wildman–Crippen LogP) is 3.18. The molecule has 0 aliphatic carbocycles. The quantitative estimate of drug-likeness (QED) is 0.921. The molecular formula is C13H16N2O2S. The SMILES string of the molecule is CNc1sc(-c2ccc(OC)cc2OC)nc1C. The van der Waals surface area contributed by atoms with E-state index in [4.69, 9.17) is 9.47 Å². The van der Waals surface area contributed by atoms with Crippen LogP contribution in [0.15, 0.2) is 18.2 Å². The van der Waals surface area contributed by atoms with Crippen molar-refractivity contribution in [2.24, 2.45) is 0 Å². The fourth-order valence-electron chi connectivity index (χ4n) is 1.72. The van der Waals surface area contributed by atoms with Crippen LogP contribution in [0.2, 0.25) is 0 Å². The second kappa shape index (κ2) is 5.27. The van der Waals surface area contributed by atoms with Gasteiger partial charge in [-0.05, 0) is 19.1 Å². The summed E-state index contributed by atoms with van der Waals surface area (Å²) < 4.78 is 10.6. The van der Waals surface area contributed by atoms with E-state index in [0.29, 0.717) is 0 Å².